The van der Waals surface area contributed by atoms with Crippen LogP contribution in [0.3, 0.4) is 0 Å². The lowest BCUT2D eigenvalue weighted by Gasteiger charge is -2.35. The highest BCUT2D eigenvalue weighted by atomic mass is 16.2. The Morgan fingerprint density at radius 1 is 1.10 bits per heavy atom. The summed E-state index contributed by atoms with van der Waals surface area (Å²) in [5.74, 6) is -0.0976. The van der Waals surface area contributed by atoms with Gasteiger partial charge in [-0.15, -0.1) is 0 Å². The number of amides is 1. The molecule has 0 atom stereocenters. The number of carbonyl (C=O) groups is 1. The first kappa shape index (κ1) is 15.2. The molecule has 0 aliphatic heterocycles. The van der Waals surface area contributed by atoms with Gasteiger partial charge in [0.05, 0.1) is 0 Å². The van der Waals surface area contributed by atoms with Crippen molar-refractivity contribution >= 4 is 5.91 Å². The van der Waals surface area contributed by atoms with Crippen molar-refractivity contribution in [3.8, 4) is 0 Å². The molecule has 0 fully saturated rings. The minimum absolute atomic E-state index is 0.0976. The maximum absolute atomic E-state index is 12.3. The van der Waals surface area contributed by atoms with Gasteiger partial charge in [0.15, 0.2) is 0 Å². The summed E-state index contributed by atoms with van der Waals surface area (Å²) in [4.78, 5) is 16.3. The summed E-state index contributed by atoms with van der Waals surface area (Å²) in [6.45, 7) is 6.84. The van der Waals surface area contributed by atoms with Gasteiger partial charge in [-0.05, 0) is 50.6 Å². The first-order chi connectivity index (χ1) is 9.97. The van der Waals surface area contributed by atoms with Crippen molar-refractivity contribution in [2.24, 2.45) is 0 Å². The van der Waals surface area contributed by atoms with Gasteiger partial charge < -0.3 is 0 Å². The topological polar surface area (TPSA) is 45.2 Å². The Labute approximate surface area is 125 Å². The largest absolute Gasteiger partial charge is 0.284 e. The van der Waals surface area contributed by atoms with Crippen LogP contribution in [0.4, 0.5) is 0 Å². The van der Waals surface area contributed by atoms with Crippen LogP contribution in [-0.4, -0.2) is 21.4 Å². The van der Waals surface area contributed by atoms with Crippen LogP contribution >= 0.6 is 0 Å². The molecule has 0 aliphatic carbocycles. The van der Waals surface area contributed by atoms with Crippen molar-refractivity contribution in [3.63, 3.8) is 0 Å². The molecule has 1 aromatic heterocycles. The fourth-order valence-electron chi connectivity index (χ4n) is 1.89. The summed E-state index contributed by atoms with van der Waals surface area (Å²) in [7, 11) is 0. The number of hydrazine groups is 1. The highest BCUT2D eigenvalue weighted by molar-refractivity contribution is 5.93. The molecule has 2 rings (SSSR count). The zero-order valence-corrected chi connectivity index (χ0v) is 12.7. The number of benzene rings is 1. The van der Waals surface area contributed by atoms with Gasteiger partial charge in [0, 0.05) is 30.0 Å². The average molecular weight is 283 g/mol. The number of hydrogen-bond acceptors (Lipinski definition) is 3. The molecule has 1 N–H and O–H groups in total. The van der Waals surface area contributed by atoms with Crippen LogP contribution in [0.2, 0.25) is 0 Å². The predicted octanol–water partition coefficient (Wildman–Crippen LogP) is 3.03. The maximum atomic E-state index is 12.3. The van der Waals surface area contributed by atoms with Crippen molar-refractivity contribution in [2.45, 2.75) is 32.9 Å². The van der Waals surface area contributed by atoms with E-state index in [0.29, 0.717) is 12.1 Å². The number of aromatic nitrogens is 1. The first-order valence-corrected chi connectivity index (χ1v) is 6.99. The summed E-state index contributed by atoms with van der Waals surface area (Å²) >= 11 is 0. The molecule has 0 spiro atoms. The minimum atomic E-state index is -0.187. The summed E-state index contributed by atoms with van der Waals surface area (Å²) < 4.78 is 0. The molecule has 0 saturated carbocycles. The molecule has 0 saturated heterocycles. The fraction of sp³-hybridized carbons (Fsp3) is 0.294. The van der Waals surface area contributed by atoms with E-state index in [4.69, 9.17) is 0 Å². The van der Waals surface area contributed by atoms with E-state index in [1.165, 1.54) is 0 Å². The molecule has 1 amide bonds. The fourth-order valence-corrected chi connectivity index (χ4v) is 1.89. The van der Waals surface area contributed by atoms with Gasteiger partial charge in [0.1, 0.15) is 0 Å². The number of nitrogens with one attached hydrogen (secondary N) is 1. The van der Waals surface area contributed by atoms with E-state index in [1.54, 1.807) is 12.4 Å². The molecule has 0 radical (unpaired) electrons. The summed E-state index contributed by atoms with van der Waals surface area (Å²) in [5, 5.41) is 1.94. The van der Waals surface area contributed by atoms with Crippen LogP contribution in [0.5, 0.6) is 0 Å². The Bertz CT molecular complexity index is 576. The highest BCUT2D eigenvalue weighted by Gasteiger charge is 2.23. The summed E-state index contributed by atoms with van der Waals surface area (Å²) in [6, 6.07) is 13.1. The van der Waals surface area contributed by atoms with Crippen molar-refractivity contribution in [3.05, 3.63) is 66.0 Å². The Kier molecular flexibility index (Phi) is 4.70. The molecule has 1 heterocycles. The van der Waals surface area contributed by atoms with Crippen molar-refractivity contribution in [1.82, 2.24) is 15.4 Å². The second-order valence-electron chi connectivity index (χ2n) is 5.92. The molecule has 0 unspecified atom stereocenters. The van der Waals surface area contributed by atoms with E-state index in [1.807, 2.05) is 47.5 Å². The summed E-state index contributed by atoms with van der Waals surface area (Å²) in [6.07, 6.45) is 3.52. The van der Waals surface area contributed by atoms with Crippen LogP contribution < -0.4 is 5.43 Å². The molecule has 21 heavy (non-hydrogen) atoms. The third-order valence-electron chi connectivity index (χ3n) is 3.17. The van der Waals surface area contributed by atoms with Gasteiger partial charge in [0.2, 0.25) is 0 Å². The Hall–Kier alpha value is -2.20. The van der Waals surface area contributed by atoms with Gasteiger partial charge in [0.25, 0.3) is 5.91 Å². The van der Waals surface area contributed by atoms with E-state index in [0.717, 1.165) is 5.56 Å². The van der Waals surface area contributed by atoms with E-state index < -0.39 is 0 Å². The molecule has 4 heteroatoms. The van der Waals surface area contributed by atoms with E-state index in [-0.39, 0.29) is 11.4 Å². The lowest BCUT2D eigenvalue weighted by molar-refractivity contribution is 0.0461. The van der Waals surface area contributed by atoms with E-state index in [9.17, 15) is 4.79 Å². The van der Waals surface area contributed by atoms with Crippen LogP contribution in [0.25, 0.3) is 0 Å². The molecule has 1 aromatic carbocycles. The second kappa shape index (κ2) is 6.50. The van der Waals surface area contributed by atoms with Crippen molar-refractivity contribution in [1.29, 1.82) is 0 Å². The van der Waals surface area contributed by atoms with Gasteiger partial charge in [-0.3, -0.25) is 15.2 Å². The second-order valence-corrected chi connectivity index (χ2v) is 5.92. The summed E-state index contributed by atoms with van der Waals surface area (Å²) in [5.41, 5.74) is 4.57. The number of nitrogens with zero attached hydrogens (tertiary/aromatic N) is 2. The number of pyridine rings is 1. The number of rotatable bonds is 4. The molecule has 0 bridgehead atoms. The zero-order valence-electron chi connectivity index (χ0n) is 12.7. The van der Waals surface area contributed by atoms with Crippen LogP contribution in [0, 0.1) is 0 Å². The third kappa shape index (κ3) is 4.39. The average Bonchev–Trinajstić information content (AvgIpc) is 2.47. The molecule has 4 nitrogen and oxygen atoms in total. The SMILES string of the molecule is CC(C)(C)N(Cc1ccncc1)NC(=O)c1ccccc1. The standard InChI is InChI=1S/C17H21N3O/c1-17(2,3)20(13-14-9-11-18-12-10-14)19-16(21)15-7-5-4-6-8-15/h4-12H,13H2,1-3H3,(H,19,21). The quantitative estimate of drug-likeness (QED) is 0.877. The van der Waals surface area contributed by atoms with Gasteiger partial charge in [-0.25, -0.2) is 5.01 Å². The molecular formula is C17H21N3O. The lowest BCUT2D eigenvalue weighted by atomic mass is 10.1. The third-order valence-corrected chi connectivity index (χ3v) is 3.17. The van der Waals surface area contributed by atoms with Crippen LogP contribution in [0.15, 0.2) is 54.9 Å². The normalized spacial score (nSPS) is 11.4. The Balaban J connectivity index is 2.12. The van der Waals surface area contributed by atoms with E-state index in [2.05, 4.69) is 31.2 Å². The van der Waals surface area contributed by atoms with Crippen molar-refractivity contribution < 1.29 is 4.79 Å². The van der Waals surface area contributed by atoms with Gasteiger partial charge in [-0.1, -0.05) is 18.2 Å². The first-order valence-electron chi connectivity index (χ1n) is 6.99. The molecular weight excluding hydrogens is 262 g/mol. The van der Waals surface area contributed by atoms with Gasteiger partial charge in [-0.2, -0.15) is 0 Å². The Morgan fingerprint density at radius 3 is 2.29 bits per heavy atom. The van der Waals surface area contributed by atoms with Crippen molar-refractivity contribution in [2.75, 3.05) is 0 Å². The zero-order chi connectivity index (χ0) is 15.3. The molecule has 110 valence electrons. The van der Waals surface area contributed by atoms with Crippen LogP contribution in [-0.2, 0) is 6.54 Å². The number of carbonyl (C=O) groups excluding carboxylic acids is 1. The van der Waals surface area contributed by atoms with E-state index >= 15 is 0 Å². The predicted molar refractivity (Wildman–Crippen MR) is 83.4 cm³/mol. The van der Waals surface area contributed by atoms with Gasteiger partial charge >= 0.3 is 0 Å². The minimum Gasteiger partial charge on any atom is -0.284 e. The molecule has 2 aromatic rings. The highest BCUT2D eigenvalue weighted by Crippen LogP contribution is 2.15. The van der Waals surface area contributed by atoms with Crippen LogP contribution in [0.1, 0.15) is 36.7 Å². The lowest BCUT2D eigenvalue weighted by Crippen LogP contribution is -2.52. The molecule has 0 aliphatic rings. The smallest absolute Gasteiger partial charge is 0.265 e. The number of hydrogen-bond donors (Lipinski definition) is 1. The Morgan fingerprint density at radius 2 is 1.71 bits per heavy atom. The monoisotopic (exact) mass is 283 g/mol. The maximum Gasteiger partial charge on any atom is 0.265 e.